The average molecular weight is 199 g/mol. The van der Waals surface area contributed by atoms with Crippen molar-refractivity contribution in [2.75, 3.05) is 13.1 Å². The summed E-state index contributed by atoms with van der Waals surface area (Å²) in [5.74, 6) is -1.52. The highest BCUT2D eigenvalue weighted by Crippen LogP contribution is 2.20. The van der Waals surface area contributed by atoms with Crippen molar-refractivity contribution in [3.8, 4) is 0 Å². The number of rotatable bonds is 2. The average Bonchev–Trinajstić information content (AvgIpc) is 2.41. The molecule has 1 aliphatic rings. The van der Waals surface area contributed by atoms with E-state index in [1.165, 1.54) is 4.90 Å². The van der Waals surface area contributed by atoms with Crippen LogP contribution in [-0.2, 0) is 9.59 Å². The molecule has 0 bridgehead atoms. The minimum Gasteiger partial charge on any atom is -0.478 e. The summed E-state index contributed by atoms with van der Waals surface area (Å²) in [4.78, 5) is 22.9. The molecule has 0 aromatic carbocycles. The lowest BCUT2D eigenvalue weighted by Gasteiger charge is -2.17. The Kier molecular flexibility index (Phi) is 2.90. The zero-order valence-electron chi connectivity index (χ0n) is 7.93. The van der Waals surface area contributed by atoms with Crippen molar-refractivity contribution < 1.29 is 19.8 Å². The Morgan fingerprint density at radius 3 is 2.50 bits per heavy atom. The van der Waals surface area contributed by atoms with Gasteiger partial charge in [-0.3, -0.25) is 4.79 Å². The summed E-state index contributed by atoms with van der Waals surface area (Å²) in [6.45, 7) is 2.38. The zero-order chi connectivity index (χ0) is 10.8. The van der Waals surface area contributed by atoms with E-state index in [9.17, 15) is 14.7 Å². The number of carboxylic acids is 1. The van der Waals surface area contributed by atoms with E-state index >= 15 is 0 Å². The molecule has 1 unspecified atom stereocenters. The number of likely N-dealkylation sites (tertiary alicyclic amines) is 1. The van der Waals surface area contributed by atoms with E-state index in [4.69, 9.17) is 5.11 Å². The summed E-state index contributed by atoms with van der Waals surface area (Å²) in [5.41, 5.74) is -0.841. The van der Waals surface area contributed by atoms with Crippen LogP contribution in [0, 0.1) is 0 Å². The second-order valence-corrected chi connectivity index (χ2v) is 3.68. The van der Waals surface area contributed by atoms with E-state index in [-0.39, 0.29) is 12.5 Å². The number of β-amino-alcohol motifs (C(OH)–C–C–N with tert-alkyl or cyclic N) is 1. The molecule has 1 aliphatic heterocycles. The monoisotopic (exact) mass is 199 g/mol. The summed E-state index contributed by atoms with van der Waals surface area (Å²) in [6, 6.07) is 0. The highest BCUT2D eigenvalue weighted by atomic mass is 16.4. The van der Waals surface area contributed by atoms with Gasteiger partial charge < -0.3 is 15.1 Å². The Morgan fingerprint density at radius 2 is 2.07 bits per heavy atom. The molecule has 78 valence electrons. The van der Waals surface area contributed by atoms with Crippen LogP contribution in [0.4, 0.5) is 0 Å². The largest absolute Gasteiger partial charge is 0.478 e. The first kappa shape index (κ1) is 10.7. The number of hydrogen-bond donors (Lipinski definition) is 2. The van der Waals surface area contributed by atoms with Crippen LogP contribution in [0.25, 0.3) is 0 Å². The van der Waals surface area contributed by atoms with Gasteiger partial charge in [-0.05, 0) is 13.3 Å². The molecular weight excluding hydrogens is 186 g/mol. The molecule has 0 aromatic heterocycles. The highest BCUT2D eigenvalue weighted by molar-refractivity contribution is 5.94. The van der Waals surface area contributed by atoms with Crippen molar-refractivity contribution in [2.24, 2.45) is 0 Å². The number of aliphatic carboxylic acids is 1. The van der Waals surface area contributed by atoms with Crippen LogP contribution in [0.1, 0.15) is 13.3 Å². The van der Waals surface area contributed by atoms with Crippen LogP contribution in [-0.4, -0.2) is 45.7 Å². The third-order valence-electron chi connectivity index (χ3n) is 2.13. The first-order valence-electron chi connectivity index (χ1n) is 4.33. The fourth-order valence-electron chi connectivity index (χ4n) is 1.38. The molecule has 5 heteroatoms. The van der Waals surface area contributed by atoms with Crippen molar-refractivity contribution in [1.82, 2.24) is 4.90 Å². The summed E-state index contributed by atoms with van der Waals surface area (Å²) < 4.78 is 0. The van der Waals surface area contributed by atoms with Gasteiger partial charge in [0.2, 0.25) is 5.91 Å². The number of aliphatic hydroxyl groups is 1. The minimum atomic E-state index is -1.15. The Balaban J connectivity index is 2.52. The first-order valence-corrected chi connectivity index (χ1v) is 4.33. The second-order valence-electron chi connectivity index (χ2n) is 3.68. The quantitative estimate of drug-likeness (QED) is 0.594. The Hall–Kier alpha value is -1.36. The standard InChI is InChI=1S/C9H13NO4/c1-9(14)4-5-10(6-9)7(11)2-3-8(12)13/h2-3,14H,4-6H2,1H3,(H,12,13)/b3-2-. The molecule has 0 radical (unpaired) electrons. The molecule has 0 spiro atoms. The normalized spacial score (nSPS) is 27.1. The molecule has 1 atom stereocenters. The fraction of sp³-hybridized carbons (Fsp3) is 0.556. The number of carboxylic acid groups (broad SMARTS) is 1. The highest BCUT2D eigenvalue weighted by Gasteiger charge is 2.32. The second kappa shape index (κ2) is 3.79. The Morgan fingerprint density at radius 1 is 1.43 bits per heavy atom. The van der Waals surface area contributed by atoms with Gasteiger partial charge in [-0.15, -0.1) is 0 Å². The van der Waals surface area contributed by atoms with E-state index in [0.29, 0.717) is 13.0 Å². The summed E-state index contributed by atoms with van der Waals surface area (Å²) in [7, 11) is 0. The molecule has 1 rings (SSSR count). The minimum absolute atomic E-state index is 0.260. The molecule has 0 saturated carbocycles. The van der Waals surface area contributed by atoms with Gasteiger partial charge in [0.1, 0.15) is 0 Å². The Bertz CT molecular complexity index is 283. The zero-order valence-corrected chi connectivity index (χ0v) is 7.93. The van der Waals surface area contributed by atoms with E-state index in [1.807, 2.05) is 0 Å². The van der Waals surface area contributed by atoms with E-state index in [0.717, 1.165) is 12.2 Å². The first-order chi connectivity index (χ1) is 6.41. The lowest BCUT2D eigenvalue weighted by atomic mass is 10.1. The maximum Gasteiger partial charge on any atom is 0.328 e. The van der Waals surface area contributed by atoms with Gasteiger partial charge in [-0.25, -0.2) is 4.79 Å². The molecule has 14 heavy (non-hydrogen) atoms. The van der Waals surface area contributed by atoms with Crippen molar-refractivity contribution in [3.63, 3.8) is 0 Å². The molecule has 1 fully saturated rings. The summed E-state index contributed by atoms with van der Waals surface area (Å²) >= 11 is 0. The predicted molar refractivity (Wildman–Crippen MR) is 48.6 cm³/mol. The van der Waals surface area contributed by atoms with Crippen LogP contribution >= 0.6 is 0 Å². The molecule has 1 heterocycles. The summed E-state index contributed by atoms with van der Waals surface area (Å²) in [6.07, 6.45) is 2.33. The van der Waals surface area contributed by atoms with Gasteiger partial charge in [0.15, 0.2) is 0 Å². The van der Waals surface area contributed by atoms with Crippen LogP contribution < -0.4 is 0 Å². The predicted octanol–water partition coefficient (Wildman–Crippen LogP) is -0.390. The molecule has 2 N–H and O–H groups in total. The number of carbonyl (C=O) groups is 2. The van der Waals surface area contributed by atoms with Gasteiger partial charge in [0.05, 0.1) is 5.60 Å². The SMILES string of the molecule is CC1(O)CCN(C(=O)/C=C\C(=O)O)C1. The number of carbonyl (C=O) groups excluding carboxylic acids is 1. The van der Waals surface area contributed by atoms with E-state index in [2.05, 4.69) is 0 Å². The van der Waals surface area contributed by atoms with Crippen LogP contribution in [0.3, 0.4) is 0 Å². The lowest BCUT2D eigenvalue weighted by molar-refractivity contribution is -0.132. The number of nitrogens with zero attached hydrogens (tertiary/aromatic N) is 1. The number of amides is 1. The molecule has 5 nitrogen and oxygen atoms in total. The van der Waals surface area contributed by atoms with Gasteiger partial charge in [-0.2, -0.15) is 0 Å². The molecule has 1 saturated heterocycles. The van der Waals surface area contributed by atoms with Crippen LogP contribution in [0.2, 0.25) is 0 Å². The van der Waals surface area contributed by atoms with Gasteiger partial charge in [0.25, 0.3) is 0 Å². The Labute approximate surface area is 81.6 Å². The van der Waals surface area contributed by atoms with E-state index < -0.39 is 11.6 Å². The van der Waals surface area contributed by atoms with Gasteiger partial charge >= 0.3 is 5.97 Å². The van der Waals surface area contributed by atoms with Gasteiger partial charge in [0, 0.05) is 25.2 Å². The van der Waals surface area contributed by atoms with Crippen molar-refractivity contribution in [3.05, 3.63) is 12.2 Å². The summed E-state index contributed by atoms with van der Waals surface area (Å²) in [5, 5.41) is 17.9. The fourth-order valence-corrected chi connectivity index (χ4v) is 1.38. The molecule has 0 aliphatic carbocycles. The molecule has 1 amide bonds. The smallest absolute Gasteiger partial charge is 0.328 e. The third kappa shape index (κ3) is 2.85. The van der Waals surface area contributed by atoms with Crippen LogP contribution in [0.5, 0.6) is 0 Å². The maximum absolute atomic E-state index is 11.3. The van der Waals surface area contributed by atoms with Crippen molar-refractivity contribution in [1.29, 1.82) is 0 Å². The van der Waals surface area contributed by atoms with E-state index in [1.54, 1.807) is 6.92 Å². The molecule has 0 aromatic rings. The lowest BCUT2D eigenvalue weighted by Crippen LogP contribution is -2.32. The third-order valence-corrected chi connectivity index (χ3v) is 2.13. The topological polar surface area (TPSA) is 77.8 Å². The maximum atomic E-state index is 11.3. The van der Waals surface area contributed by atoms with Crippen LogP contribution in [0.15, 0.2) is 12.2 Å². The number of hydrogen-bond acceptors (Lipinski definition) is 3. The van der Waals surface area contributed by atoms with Crippen molar-refractivity contribution in [2.45, 2.75) is 18.9 Å². The molecular formula is C9H13NO4. The van der Waals surface area contributed by atoms with Crippen molar-refractivity contribution >= 4 is 11.9 Å². The van der Waals surface area contributed by atoms with Gasteiger partial charge in [-0.1, -0.05) is 0 Å².